The number of aromatic nitrogens is 4. The Hall–Kier alpha value is -7.48. The lowest BCUT2D eigenvalue weighted by molar-refractivity contribution is 0.669. The maximum Gasteiger partial charge on any atom is 0.164 e. The minimum absolute atomic E-state index is 0.580. The lowest BCUT2D eigenvalue weighted by Crippen LogP contribution is -2.01. The zero-order chi connectivity index (χ0) is 37.5. The van der Waals surface area contributed by atoms with Gasteiger partial charge in [0, 0.05) is 49.4 Å². The first-order valence-corrected chi connectivity index (χ1v) is 19.6. The van der Waals surface area contributed by atoms with Crippen molar-refractivity contribution in [2.45, 2.75) is 0 Å². The number of hydrogen-bond acceptors (Lipinski definition) is 7. The van der Waals surface area contributed by atoms with Crippen molar-refractivity contribution >= 4 is 76.2 Å². The molecule has 0 amide bonds. The lowest BCUT2D eigenvalue weighted by atomic mass is 9.93. The van der Waals surface area contributed by atoms with Crippen molar-refractivity contribution in [1.82, 2.24) is 19.9 Å². The summed E-state index contributed by atoms with van der Waals surface area (Å²) in [6, 6.07) is 57.9. The molecule has 0 bridgehead atoms. The van der Waals surface area contributed by atoms with Gasteiger partial charge >= 0.3 is 0 Å². The van der Waals surface area contributed by atoms with E-state index < -0.39 is 0 Å². The third-order valence-corrected chi connectivity index (χ3v) is 11.9. The summed E-state index contributed by atoms with van der Waals surface area (Å²) in [5.41, 5.74) is 10.1. The number of para-hydroxylation sites is 2. The molecule has 8 aromatic carbocycles. The van der Waals surface area contributed by atoms with E-state index in [9.17, 15) is 0 Å². The van der Waals surface area contributed by atoms with E-state index in [1.54, 1.807) is 11.3 Å². The zero-order valence-corrected chi connectivity index (χ0v) is 31.0. The average molecular weight is 749 g/mol. The molecule has 0 aliphatic carbocycles. The number of fused-ring (bicyclic) bond motifs is 8. The van der Waals surface area contributed by atoms with Crippen LogP contribution < -0.4 is 0 Å². The summed E-state index contributed by atoms with van der Waals surface area (Å²) in [5.74, 6) is 1.76. The first-order valence-electron chi connectivity index (χ1n) is 18.8. The van der Waals surface area contributed by atoms with Crippen LogP contribution in [0.1, 0.15) is 0 Å². The monoisotopic (exact) mass is 748 g/mol. The Morgan fingerprint density at radius 3 is 1.74 bits per heavy atom. The van der Waals surface area contributed by atoms with E-state index in [1.807, 2.05) is 78.9 Å². The van der Waals surface area contributed by atoms with Gasteiger partial charge < -0.3 is 8.83 Å². The zero-order valence-electron chi connectivity index (χ0n) is 30.2. The summed E-state index contributed by atoms with van der Waals surface area (Å²) in [6.07, 6.45) is 0. The summed E-state index contributed by atoms with van der Waals surface area (Å²) >= 11 is 1.70. The third kappa shape index (κ3) is 5.03. The molecule has 266 valence electrons. The Labute approximate surface area is 329 Å². The van der Waals surface area contributed by atoms with Gasteiger partial charge in [0.15, 0.2) is 17.5 Å². The van der Waals surface area contributed by atoms with Crippen molar-refractivity contribution in [3.8, 4) is 55.9 Å². The minimum Gasteiger partial charge on any atom is -0.456 e. The molecule has 0 saturated carbocycles. The smallest absolute Gasteiger partial charge is 0.164 e. The molecule has 0 spiro atoms. The number of furan rings is 2. The normalized spacial score (nSPS) is 11.9. The van der Waals surface area contributed by atoms with Crippen LogP contribution in [0.25, 0.3) is 121 Å². The minimum atomic E-state index is 0.580. The van der Waals surface area contributed by atoms with Crippen LogP contribution in [0.4, 0.5) is 0 Å². The van der Waals surface area contributed by atoms with Crippen molar-refractivity contribution in [2.24, 2.45) is 0 Å². The molecular weight excluding hydrogens is 721 g/mol. The standard InChI is InChI=1S/C50H28N4O2S/c1-3-14-29(15-4-1)47-52-48(54-49(53-47)37-22-13-25-42-43(37)36-21-10-12-24-41(36)55-42)35-27-26-34(31-18-7-8-19-32(31)35)44-45-38(33-20-9-11-23-40(33)56-45)28-39-46(44)57-50(51-39)30-16-5-2-6-17-30/h1-28H. The van der Waals surface area contributed by atoms with Crippen molar-refractivity contribution in [3.05, 3.63) is 170 Å². The third-order valence-electron chi connectivity index (χ3n) is 10.8. The quantitative estimate of drug-likeness (QED) is 0.174. The van der Waals surface area contributed by atoms with Gasteiger partial charge in [0.25, 0.3) is 0 Å². The molecule has 0 unspecified atom stereocenters. The van der Waals surface area contributed by atoms with Crippen LogP contribution in [-0.2, 0) is 0 Å². The van der Waals surface area contributed by atoms with Gasteiger partial charge in [-0.2, -0.15) is 0 Å². The molecule has 0 aliphatic heterocycles. The van der Waals surface area contributed by atoms with Crippen LogP contribution in [0.15, 0.2) is 179 Å². The molecule has 12 rings (SSSR count). The van der Waals surface area contributed by atoms with Gasteiger partial charge in [-0.1, -0.05) is 140 Å². The van der Waals surface area contributed by atoms with Gasteiger partial charge in [-0.15, -0.1) is 11.3 Å². The molecule has 6 nitrogen and oxygen atoms in total. The molecule has 0 fully saturated rings. The molecule has 0 atom stereocenters. The van der Waals surface area contributed by atoms with Gasteiger partial charge in [0.1, 0.15) is 27.3 Å². The first kappa shape index (κ1) is 31.8. The Bertz CT molecular complexity index is 3530. The molecule has 57 heavy (non-hydrogen) atoms. The number of rotatable bonds is 5. The van der Waals surface area contributed by atoms with E-state index >= 15 is 0 Å². The Kier molecular flexibility index (Phi) is 7.00. The van der Waals surface area contributed by atoms with Crippen molar-refractivity contribution < 1.29 is 8.83 Å². The van der Waals surface area contributed by atoms with Crippen LogP contribution in [-0.4, -0.2) is 19.9 Å². The van der Waals surface area contributed by atoms with Crippen molar-refractivity contribution in [3.63, 3.8) is 0 Å². The van der Waals surface area contributed by atoms with E-state index in [-0.39, 0.29) is 0 Å². The Balaban J connectivity index is 1.12. The predicted octanol–water partition coefficient (Wildman–Crippen LogP) is 13.8. The van der Waals surface area contributed by atoms with Crippen molar-refractivity contribution in [2.75, 3.05) is 0 Å². The summed E-state index contributed by atoms with van der Waals surface area (Å²) in [5, 5.41) is 7.16. The van der Waals surface area contributed by atoms with Gasteiger partial charge in [0.2, 0.25) is 0 Å². The number of nitrogens with zero attached hydrogens (tertiary/aromatic N) is 4. The predicted molar refractivity (Wildman–Crippen MR) is 232 cm³/mol. The van der Waals surface area contributed by atoms with Crippen LogP contribution in [0, 0.1) is 0 Å². The topological polar surface area (TPSA) is 77.8 Å². The van der Waals surface area contributed by atoms with Gasteiger partial charge in [-0.05, 0) is 46.7 Å². The highest BCUT2D eigenvalue weighted by Gasteiger charge is 2.24. The maximum atomic E-state index is 6.75. The van der Waals surface area contributed by atoms with Crippen LogP contribution in [0.3, 0.4) is 0 Å². The first-order chi connectivity index (χ1) is 28.2. The summed E-state index contributed by atoms with van der Waals surface area (Å²) in [7, 11) is 0. The molecule has 0 radical (unpaired) electrons. The fourth-order valence-electron chi connectivity index (χ4n) is 8.20. The highest BCUT2D eigenvalue weighted by atomic mass is 32.1. The molecule has 12 aromatic rings. The molecule has 0 aliphatic rings. The number of thiazole rings is 1. The lowest BCUT2D eigenvalue weighted by Gasteiger charge is -2.14. The second-order valence-corrected chi connectivity index (χ2v) is 15.1. The second kappa shape index (κ2) is 12.5. The maximum absolute atomic E-state index is 6.75. The van der Waals surface area contributed by atoms with E-state index in [2.05, 4.69) is 91.0 Å². The molecule has 7 heteroatoms. The van der Waals surface area contributed by atoms with E-state index in [0.29, 0.717) is 17.5 Å². The molecule has 0 N–H and O–H groups in total. The van der Waals surface area contributed by atoms with Gasteiger partial charge in [-0.3, -0.25) is 0 Å². The average Bonchev–Trinajstić information content (AvgIpc) is 3.99. The fourth-order valence-corrected chi connectivity index (χ4v) is 9.30. The Morgan fingerprint density at radius 1 is 0.386 bits per heavy atom. The summed E-state index contributed by atoms with van der Waals surface area (Å²) < 4.78 is 14.1. The number of hydrogen-bond donors (Lipinski definition) is 0. The molecular formula is C50H28N4O2S. The molecule has 0 saturated heterocycles. The number of benzene rings is 8. The van der Waals surface area contributed by atoms with Crippen LogP contribution in [0.2, 0.25) is 0 Å². The van der Waals surface area contributed by atoms with Crippen LogP contribution >= 0.6 is 11.3 Å². The van der Waals surface area contributed by atoms with Crippen molar-refractivity contribution in [1.29, 1.82) is 0 Å². The second-order valence-electron chi connectivity index (χ2n) is 14.1. The SMILES string of the molecule is c1ccc(-c2nc(-c3ccc(-c4c5oc6ccccc6c5cc5nc(-c6ccccc6)sc45)c4ccccc34)nc(-c3cccc4oc5ccccc5c34)n2)cc1. The molecule has 4 aromatic heterocycles. The van der Waals surface area contributed by atoms with Gasteiger partial charge in [0.05, 0.1) is 10.2 Å². The van der Waals surface area contributed by atoms with Gasteiger partial charge in [-0.25, -0.2) is 19.9 Å². The summed E-state index contributed by atoms with van der Waals surface area (Å²) in [6.45, 7) is 0. The van der Waals surface area contributed by atoms with Crippen LogP contribution in [0.5, 0.6) is 0 Å². The summed E-state index contributed by atoms with van der Waals surface area (Å²) in [4.78, 5) is 20.8. The largest absolute Gasteiger partial charge is 0.456 e. The fraction of sp³-hybridized carbons (Fsp3) is 0. The van der Waals surface area contributed by atoms with E-state index in [4.69, 9.17) is 28.8 Å². The Morgan fingerprint density at radius 2 is 0.965 bits per heavy atom. The highest BCUT2D eigenvalue weighted by Crippen LogP contribution is 2.47. The van der Waals surface area contributed by atoms with E-state index in [1.165, 1.54) is 0 Å². The molecule has 4 heterocycles. The highest BCUT2D eigenvalue weighted by molar-refractivity contribution is 7.22. The van der Waals surface area contributed by atoms with E-state index in [0.717, 1.165) is 103 Å².